The van der Waals surface area contributed by atoms with Crippen molar-refractivity contribution in [2.75, 3.05) is 5.75 Å². The number of hydrogen-bond acceptors (Lipinski definition) is 5. The summed E-state index contributed by atoms with van der Waals surface area (Å²) in [7, 11) is 0. The molecule has 0 spiro atoms. The van der Waals surface area contributed by atoms with Gasteiger partial charge in [-0.2, -0.15) is 0 Å². The first kappa shape index (κ1) is 18.9. The van der Waals surface area contributed by atoms with Gasteiger partial charge in [-0.15, -0.1) is 10.2 Å². The van der Waals surface area contributed by atoms with Gasteiger partial charge in [0.15, 0.2) is 11.0 Å². The van der Waals surface area contributed by atoms with Crippen LogP contribution in [0.5, 0.6) is 0 Å². The summed E-state index contributed by atoms with van der Waals surface area (Å²) < 4.78 is 2.09. The van der Waals surface area contributed by atoms with Gasteiger partial charge in [0.1, 0.15) is 0 Å². The Balaban J connectivity index is 1.64. The average Bonchev–Trinajstić information content (AvgIpc) is 3.06. The third-order valence-electron chi connectivity index (χ3n) is 4.89. The molecule has 0 radical (unpaired) electrons. The van der Waals surface area contributed by atoms with Gasteiger partial charge < -0.3 is 9.88 Å². The molecule has 6 nitrogen and oxygen atoms in total. The quantitative estimate of drug-likeness (QED) is 0.752. The highest BCUT2D eigenvalue weighted by Gasteiger charge is 2.23. The van der Waals surface area contributed by atoms with E-state index in [9.17, 15) is 4.79 Å². The van der Waals surface area contributed by atoms with Crippen molar-refractivity contribution in [2.45, 2.75) is 63.7 Å². The van der Waals surface area contributed by atoms with Crippen LogP contribution in [0.4, 0.5) is 0 Å². The summed E-state index contributed by atoms with van der Waals surface area (Å²) in [5, 5.41) is 12.7. The Morgan fingerprint density at radius 2 is 2.04 bits per heavy atom. The first-order chi connectivity index (χ1) is 12.7. The van der Waals surface area contributed by atoms with Crippen molar-refractivity contribution in [3.8, 4) is 11.4 Å². The number of carbonyl (C=O) groups excluding carboxylic acids is 1. The predicted octanol–water partition coefficient (Wildman–Crippen LogP) is 3.54. The number of pyridine rings is 1. The largest absolute Gasteiger partial charge is 0.352 e. The number of carbonyl (C=O) groups is 1. The highest BCUT2D eigenvalue weighted by atomic mass is 32.2. The summed E-state index contributed by atoms with van der Waals surface area (Å²) >= 11 is 1.46. The zero-order valence-electron chi connectivity index (χ0n) is 15.5. The Labute approximate surface area is 159 Å². The van der Waals surface area contributed by atoms with Gasteiger partial charge in [0, 0.05) is 30.5 Å². The molecule has 1 fully saturated rings. The lowest BCUT2D eigenvalue weighted by Crippen LogP contribution is -2.41. The van der Waals surface area contributed by atoms with Crippen molar-refractivity contribution in [2.24, 2.45) is 5.92 Å². The van der Waals surface area contributed by atoms with Gasteiger partial charge in [0.05, 0.1) is 5.75 Å². The van der Waals surface area contributed by atoms with E-state index >= 15 is 0 Å². The maximum atomic E-state index is 12.4. The zero-order chi connectivity index (χ0) is 18.4. The SMILES string of the molecule is CCCn1c(SCC(=O)NC2CCCCC2C)nnc1-c1ccncc1. The minimum Gasteiger partial charge on any atom is -0.352 e. The van der Waals surface area contributed by atoms with Crippen molar-refractivity contribution in [1.29, 1.82) is 0 Å². The molecule has 1 aliphatic rings. The Morgan fingerprint density at radius 3 is 2.77 bits per heavy atom. The van der Waals surface area contributed by atoms with E-state index in [2.05, 4.69) is 38.9 Å². The normalized spacial score (nSPS) is 20.1. The number of nitrogens with one attached hydrogen (secondary N) is 1. The molecule has 1 amide bonds. The molecule has 2 atom stereocenters. The van der Waals surface area contributed by atoms with E-state index in [1.54, 1.807) is 12.4 Å². The van der Waals surface area contributed by atoms with Crippen LogP contribution < -0.4 is 5.32 Å². The minimum absolute atomic E-state index is 0.0882. The molecule has 1 saturated carbocycles. The molecule has 140 valence electrons. The summed E-state index contributed by atoms with van der Waals surface area (Å²) in [6.07, 6.45) is 9.28. The smallest absolute Gasteiger partial charge is 0.230 e. The molecule has 26 heavy (non-hydrogen) atoms. The first-order valence-corrected chi connectivity index (χ1v) is 10.4. The molecule has 0 bridgehead atoms. The molecule has 1 N–H and O–H groups in total. The lowest BCUT2D eigenvalue weighted by Gasteiger charge is -2.29. The number of thioether (sulfide) groups is 1. The standard InChI is InChI=1S/C19H27N5OS/c1-3-12-24-18(15-8-10-20-11-9-15)22-23-19(24)26-13-17(25)21-16-7-5-4-6-14(16)2/h8-11,14,16H,3-7,12-13H2,1-2H3,(H,21,25). The van der Waals surface area contributed by atoms with Crippen LogP contribution in [-0.4, -0.2) is 37.5 Å². The van der Waals surface area contributed by atoms with Crippen LogP contribution in [0.15, 0.2) is 29.7 Å². The molecular weight excluding hydrogens is 346 g/mol. The van der Waals surface area contributed by atoms with Gasteiger partial charge in [0.2, 0.25) is 5.91 Å². The van der Waals surface area contributed by atoms with Gasteiger partial charge in [-0.25, -0.2) is 0 Å². The van der Waals surface area contributed by atoms with Crippen LogP contribution in [0.25, 0.3) is 11.4 Å². The molecule has 2 unspecified atom stereocenters. The van der Waals surface area contributed by atoms with E-state index in [0.717, 1.165) is 35.9 Å². The van der Waals surface area contributed by atoms with Gasteiger partial charge in [0.25, 0.3) is 0 Å². The summed E-state index contributed by atoms with van der Waals surface area (Å²) in [5.41, 5.74) is 0.994. The summed E-state index contributed by atoms with van der Waals surface area (Å²) in [5.74, 6) is 1.87. The Bertz CT molecular complexity index is 718. The second kappa shape index (κ2) is 9.16. The fourth-order valence-electron chi connectivity index (χ4n) is 3.44. The van der Waals surface area contributed by atoms with Crippen molar-refractivity contribution < 1.29 is 4.79 Å². The molecule has 2 aromatic rings. The van der Waals surface area contributed by atoms with Crippen molar-refractivity contribution >= 4 is 17.7 Å². The maximum Gasteiger partial charge on any atom is 0.230 e. The summed E-state index contributed by atoms with van der Waals surface area (Å²) in [6.45, 7) is 5.19. The molecule has 0 saturated heterocycles. The molecule has 2 heterocycles. The lowest BCUT2D eigenvalue weighted by molar-refractivity contribution is -0.119. The molecule has 0 aromatic carbocycles. The maximum absolute atomic E-state index is 12.4. The fraction of sp³-hybridized carbons (Fsp3) is 0.579. The average molecular weight is 374 g/mol. The van der Waals surface area contributed by atoms with Crippen molar-refractivity contribution in [3.05, 3.63) is 24.5 Å². The van der Waals surface area contributed by atoms with Gasteiger partial charge in [-0.3, -0.25) is 9.78 Å². The van der Waals surface area contributed by atoms with Crippen LogP contribution >= 0.6 is 11.8 Å². The van der Waals surface area contributed by atoms with Gasteiger partial charge in [-0.1, -0.05) is 38.5 Å². The molecule has 3 rings (SSSR count). The number of hydrogen-bond donors (Lipinski definition) is 1. The Hall–Kier alpha value is -1.89. The van der Waals surface area contributed by atoms with E-state index in [4.69, 9.17) is 0 Å². The van der Waals surface area contributed by atoms with Crippen LogP contribution in [0.1, 0.15) is 46.0 Å². The molecule has 1 aliphatic carbocycles. The minimum atomic E-state index is 0.0882. The number of aromatic nitrogens is 4. The highest BCUT2D eigenvalue weighted by Crippen LogP contribution is 2.25. The van der Waals surface area contributed by atoms with Gasteiger partial charge >= 0.3 is 0 Å². The summed E-state index contributed by atoms with van der Waals surface area (Å²) in [6, 6.07) is 4.18. The topological polar surface area (TPSA) is 72.7 Å². The number of nitrogens with zero attached hydrogens (tertiary/aromatic N) is 4. The lowest BCUT2D eigenvalue weighted by atomic mass is 9.86. The van der Waals surface area contributed by atoms with E-state index < -0.39 is 0 Å². The molecule has 0 aliphatic heterocycles. The van der Waals surface area contributed by atoms with Gasteiger partial charge in [-0.05, 0) is 37.3 Å². The van der Waals surface area contributed by atoms with Crippen molar-refractivity contribution in [3.63, 3.8) is 0 Å². The van der Waals surface area contributed by atoms with E-state index in [1.807, 2.05) is 12.1 Å². The van der Waals surface area contributed by atoms with E-state index in [0.29, 0.717) is 17.7 Å². The zero-order valence-corrected chi connectivity index (χ0v) is 16.3. The van der Waals surface area contributed by atoms with E-state index in [1.165, 1.54) is 31.0 Å². The predicted molar refractivity (Wildman–Crippen MR) is 104 cm³/mol. The highest BCUT2D eigenvalue weighted by molar-refractivity contribution is 7.99. The first-order valence-electron chi connectivity index (χ1n) is 9.44. The van der Waals surface area contributed by atoms with Crippen molar-refractivity contribution in [1.82, 2.24) is 25.1 Å². The fourth-order valence-corrected chi connectivity index (χ4v) is 4.22. The number of amides is 1. The second-order valence-electron chi connectivity index (χ2n) is 6.92. The van der Waals surface area contributed by atoms with Crippen LogP contribution in [0.2, 0.25) is 0 Å². The molecule has 2 aromatic heterocycles. The third kappa shape index (κ3) is 4.63. The van der Waals surface area contributed by atoms with E-state index in [-0.39, 0.29) is 5.91 Å². The molecule has 7 heteroatoms. The molecular formula is C19H27N5OS. The number of rotatable bonds is 7. The third-order valence-corrected chi connectivity index (χ3v) is 5.86. The Kier molecular flexibility index (Phi) is 6.66. The monoisotopic (exact) mass is 373 g/mol. The van der Waals surface area contributed by atoms with Crippen LogP contribution in [0, 0.1) is 5.92 Å². The van der Waals surface area contributed by atoms with Crippen LogP contribution in [-0.2, 0) is 11.3 Å². The second-order valence-corrected chi connectivity index (χ2v) is 7.86. The van der Waals surface area contributed by atoms with Crippen LogP contribution in [0.3, 0.4) is 0 Å². The summed E-state index contributed by atoms with van der Waals surface area (Å²) in [4.78, 5) is 16.4. The Morgan fingerprint density at radius 1 is 1.27 bits per heavy atom.